The maximum atomic E-state index is 13.2. The minimum atomic E-state index is -0.303. The Morgan fingerprint density at radius 2 is 1.91 bits per heavy atom. The molecule has 0 radical (unpaired) electrons. The number of hydrogen-bond acceptors (Lipinski definition) is 3. The summed E-state index contributed by atoms with van der Waals surface area (Å²) in [6, 6.07) is 9.54. The van der Waals surface area contributed by atoms with E-state index in [4.69, 9.17) is 16.0 Å². The summed E-state index contributed by atoms with van der Waals surface area (Å²) in [6.45, 7) is 2.39. The third kappa shape index (κ3) is 3.92. The van der Waals surface area contributed by atoms with Crippen molar-refractivity contribution in [3.63, 3.8) is 0 Å². The summed E-state index contributed by atoms with van der Waals surface area (Å²) in [7, 11) is 0. The van der Waals surface area contributed by atoms with Gasteiger partial charge in [-0.3, -0.25) is 9.69 Å². The number of halogens is 2. The van der Waals surface area contributed by atoms with Gasteiger partial charge >= 0.3 is 0 Å². The first-order chi connectivity index (χ1) is 11.1. The monoisotopic (exact) mass is 336 g/mol. The first-order valence-corrected chi connectivity index (χ1v) is 8.04. The van der Waals surface area contributed by atoms with Gasteiger partial charge in [-0.25, -0.2) is 4.39 Å². The summed E-state index contributed by atoms with van der Waals surface area (Å²) in [4.78, 5) is 14.4. The Hall–Kier alpha value is -1.85. The van der Waals surface area contributed by atoms with Crippen molar-refractivity contribution in [2.75, 3.05) is 19.6 Å². The average molecular weight is 337 g/mol. The van der Waals surface area contributed by atoms with Gasteiger partial charge in [0, 0.05) is 6.54 Å². The maximum absolute atomic E-state index is 13.2. The fourth-order valence-corrected chi connectivity index (χ4v) is 3.05. The molecule has 1 saturated heterocycles. The Balaban J connectivity index is 1.71. The molecular weight excluding hydrogens is 319 g/mol. The number of furan rings is 1. The zero-order valence-corrected chi connectivity index (χ0v) is 13.4. The Labute approximate surface area is 139 Å². The number of likely N-dealkylation sites (tertiary alicyclic amines) is 1. The zero-order valence-electron chi connectivity index (χ0n) is 12.6. The van der Waals surface area contributed by atoms with E-state index in [2.05, 4.69) is 10.2 Å². The summed E-state index contributed by atoms with van der Waals surface area (Å²) in [6.07, 6.45) is 2.28. The molecule has 1 aromatic carbocycles. The van der Waals surface area contributed by atoms with Crippen LogP contribution in [0.25, 0.3) is 0 Å². The van der Waals surface area contributed by atoms with Gasteiger partial charge in [0.1, 0.15) is 5.82 Å². The molecule has 1 atom stereocenters. The van der Waals surface area contributed by atoms with Crippen molar-refractivity contribution in [3.05, 3.63) is 58.8 Å². The third-order valence-electron chi connectivity index (χ3n) is 4.09. The molecule has 6 heteroatoms. The Kier molecular flexibility index (Phi) is 4.98. The van der Waals surface area contributed by atoms with Crippen LogP contribution in [0.2, 0.25) is 5.22 Å². The summed E-state index contributed by atoms with van der Waals surface area (Å²) in [5, 5.41) is 3.06. The van der Waals surface area contributed by atoms with Crippen LogP contribution in [0.5, 0.6) is 0 Å². The minimum Gasteiger partial charge on any atom is -0.440 e. The van der Waals surface area contributed by atoms with Gasteiger partial charge in [-0.05, 0) is 67.4 Å². The van der Waals surface area contributed by atoms with Crippen LogP contribution < -0.4 is 5.32 Å². The number of nitrogens with zero attached hydrogens (tertiary/aromatic N) is 1. The smallest absolute Gasteiger partial charge is 0.287 e. The molecule has 2 heterocycles. The molecule has 23 heavy (non-hydrogen) atoms. The molecule has 3 rings (SSSR count). The van der Waals surface area contributed by atoms with Crippen LogP contribution in [0, 0.1) is 5.82 Å². The average Bonchev–Trinajstić information content (AvgIpc) is 3.21. The maximum Gasteiger partial charge on any atom is 0.287 e. The van der Waals surface area contributed by atoms with E-state index < -0.39 is 0 Å². The molecule has 2 aromatic rings. The van der Waals surface area contributed by atoms with Crippen molar-refractivity contribution in [1.29, 1.82) is 0 Å². The fraction of sp³-hybridized carbons (Fsp3) is 0.353. The largest absolute Gasteiger partial charge is 0.440 e. The second-order valence-electron chi connectivity index (χ2n) is 5.62. The lowest BCUT2D eigenvalue weighted by Crippen LogP contribution is -2.36. The number of amides is 1. The number of carbonyl (C=O) groups excluding carboxylic acids is 1. The van der Waals surface area contributed by atoms with E-state index in [9.17, 15) is 9.18 Å². The van der Waals surface area contributed by atoms with Gasteiger partial charge in [0.15, 0.2) is 11.0 Å². The lowest BCUT2D eigenvalue weighted by atomic mass is 10.1. The van der Waals surface area contributed by atoms with Crippen LogP contribution in [-0.2, 0) is 0 Å². The SMILES string of the molecule is O=C(NC[C@H](c1ccc(F)cc1)N1CCCC1)c1ccc(Cl)o1. The van der Waals surface area contributed by atoms with Crippen molar-refractivity contribution in [2.24, 2.45) is 0 Å². The van der Waals surface area contributed by atoms with Gasteiger partial charge in [0.25, 0.3) is 5.91 Å². The predicted octanol–water partition coefficient (Wildman–Crippen LogP) is 3.64. The second-order valence-corrected chi connectivity index (χ2v) is 6.00. The third-order valence-corrected chi connectivity index (χ3v) is 4.29. The molecule has 1 aliphatic heterocycles. The molecule has 1 aromatic heterocycles. The standard InChI is InChI=1S/C17H18ClFN2O2/c18-16-8-7-15(23-16)17(22)20-11-14(21-9-1-2-10-21)12-3-5-13(19)6-4-12/h3-8,14H,1-2,9-11H2,(H,20,22)/t14-/m1/s1. The topological polar surface area (TPSA) is 45.5 Å². The summed E-state index contributed by atoms with van der Waals surface area (Å²) < 4.78 is 18.3. The number of hydrogen-bond donors (Lipinski definition) is 1. The Bertz CT molecular complexity index is 665. The number of benzene rings is 1. The Morgan fingerprint density at radius 1 is 1.22 bits per heavy atom. The van der Waals surface area contributed by atoms with E-state index in [0.717, 1.165) is 31.5 Å². The molecule has 1 amide bonds. The highest BCUT2D eigenvalue weighted by atomic mass is 35.5. The zero-order chi connectivity index (χ0) is 16.2. The summed E-state index contributed by atoms with van der Waals surface area (Å²) in [5.74, 6) is -0.374. The van der Waals surface area contributed by atoms with Gasteiger partial charge in [0.05, 0.1) is 6.04 Å². The summed E-state index contributed by atoms with van der Waals surface area (Å²) >= 11 is 5.69. The lowest BCUT2D eigenvalue weighted by Gasteiger charge is -2.28. The van der Waals surface area contributed by atoms with Crippen LogP contribution in [0.15, 0.2) is 40.8 Å². The van der Waals surface area contributed by atoms with E-state index in [1.54, 1.807) is 18.2 Å². The first-order valence-electron chi connectivity index (χ1n) is 7.66. The lowest BCUT2D eigenvalue weighted by molar-refractivity contribution is 0.0910. The summed E-state index contributed by atoms with van der Waals surface area (Å²) in [5.41, 5.74) is 0.992. The molecule has 0 bridgehead atoms. The van der Waals surface area contributed by atoms with Crippen molar-refractivity contribution >= 4 is 17.5 Å². The van der Waals surface area contributed by atoms with E-state index in [-0.39, 0.29) is 28.7 Å². The van der Waals surface area contributed by atoms with Crippen LogP contribution in [0.1, 0.15) is 35.0 Å². The molecule has 122 valence electrons. The highest BCUT2D eigenvalue weighted by Crippen LogP contribution is 2.25. The highest BCUT2D eigenvalue weighted by Gasteiger charge is 2.24. The molecule has 0 aliphatic carbocycles. The Morgan fingerprint density at radius 3 is 2.52 bits per heavy atom. The molecule has 4 nitrogen and oxygen atoms in total. The van der Waals surface area contributed by atoms with E-state index in [1.807, 2.05) is 0 Å². The van der Waals surface area contributed by atoms with Crippen LogP contribution in [0.4, 0.5) is 4.39 Å². The van der Waals surface area contributed by atoms with Crippen LogP contribution in [-0.4, -0.2) is 30.4 Å². The molecule has 0 unspecified atom stereocenters. The number of rotatable bonds is 5. The second kappa shape index (κ2) is 7.15. The normalized spacial score (nSPS) is 16.4. The van der Waals surface area contributed by atoms with Gasteiger partial charge in [-0.1, -0.05) is 12.1 Å². The molecule has 1 N–H and O–H groups in total. The van der Waals surface area contributed by atoms with Gasteiger partial charge < -0.3 is 9.73 Å². The van der Waals surface area contributed by atoms with Crippen LogP contribution in [0.3, 0.4) is 0 Å². The van der Waals surface area contributed by atoms with Gasteiger partial charge in [-0.2, -0.15) is 0 Å². The first kappa shape index (κ1) is 16.0. The van der Waals surface area contributed by atoms with Gasteiger partial charge in [-0.15, -0.1) is 0 Å². The highest BCUT2D eigenvalue weighted by molar-refractivity contribution is 6.29. The van der Waals surface area contributed by atoms with Crippen molar-refractivity contribution < 1.29 is 13.6 Å². The molecular formula is C17H18ClFN2O2. The fourth-order valence-electron chi connectivity index (χ4n) is 2.91. The number of nitrogens with one attached hydrogen (secondary N) is 1. The number of carbonyl (C=O) groups is 1. The molecule has 1 aliphatic rings. The van der Waals surface area contributed by atoms with Crippen molar-refractivity contribution in [2.45, 2.75) is 18.9 Å². The van der Waals surface area contributed by atoms with Crippen molar-refractivity contribution in [3.8, 4) is 0 Å². The van der Waals surface area contributed by atoms with E-state index in [0.29, 0.717) is 6.54 Å². The van der Waals surface area contributed by atoms with Crippen molar-refractivity contribution in [1.82, 2.24) is 10.2 Å². The van der Waals surface area contributed by atoms with E-state index in [1.165, 1.54) is 18.2 Å². The molecule has 1 fully saturated rings. The van der Waals surface area contributed by atoms with E-state index >= 15 is 0 Å². The predicted molar refractivity (Wildman–Crippen MR) is 86.0 cm³/mol. The van der Waals surface area contributed by atoms with Gasteiger partial charge in [0.2, 0.25) is 0 Å². The quantitative estimate of drug-likeness (QED) is 0.906. The van der Waals surface area contributed by atoms with Crippen LogP contribution >= 0.6 is 11.6 Å². The molecule has 0 spiro atoms. The molecule has 0 saturated carbocycles. The minimum absolute atomic E-state index is 0.0208.